The number of piperidine rings is 1. The summed E-state index contributed by atoms with van der Waals surface area (Å²) in [7, 11) is -3.29. The molecule has 2 saturated heterocycles. The minimum absolute atomic E-state index is 0.259. The lowest BCUT2D eigenvalue weighted by Crippen LogP contribution is -2.40. The van der Waals surface area contributed by atoms with Crippen molar-refractivity contribution in [1.29, 1.82) is 0 Å². The highest BCUT2D eigenvalue weighted by Crippen LogP contribution is 2.70. The van der Waals surface area contributed by atoms with Gasteiger partial charge in [0.05, 0.1) is 0 Å². The number of rotatable bonds is 5. The summed E-state index contributed by atoms with van der Waals surface area (Å²) in [6.07, 6.45) is 0.941. The van der Waals surface area contributed by atoms with Crippen LogP contribution >= 0.6 is 35.0 Å². The number of carbonyl (C=O) groups excluding carboxylic acids is 1. The van der Waals surface area contributed by atoms with Gasteiger partial charge in [-0.1, -0.05) is 70.0 Å². The smallest absolute Gasteiger partial charge is 0.284 e. The highest BCUT2D eigenvalue weighted by molar-refractivity contribution is 9.10. The summed E-state index contributed by atoms with van der Waals surface area (Å²) in [5, 5.41) is 0.618. The Morgan fingerprint density at radius 1 is 0.794 bits per heavy atom. The summed E-state index contributed by atoms with van der Waals surface area (Å²) in [6, 6.07) is 25.7. The van der Waals surface area contributed by atoms with Crippen LogP contribution in [0, 0.1) is 0 Å². The van der Waals surface area contributed by atoms with E-state index in [-0.39, 0.29) is 5.78 Å². The maximum Gasteiger partial charge on any atom is 0.284 e. The Kier molecular flexibility index (Phi) is 6.85. The number of Topliss-reactive ketones (excluding diaryl/α,β-unsaturated/α-hetero) is 1. The Morgan fingerprint density at radius 2 is 1.32 bits per heavy atom. The Morgan fingerprint density at radius 3 is 1.82 bits per heavy atom. The molecular formula is C26H26BrClN3O2P. The van der Waals surface area contributed by atoms with Crippen LogP contribution in [0.2, 0.25) is 5.02 Å². The van der Waals surface area contributed by atoms with Gasteiger partial charge >= 0.3 is 0 Å². The van der Waals surface area contributed by atoms with Crippen molar-refractivity contribution < 1.29 is 9.36 Å². The predicted octanol–water partition coefficient (Wildman–Crippen LogP) is 6.99. The summed E-state index contributed by atoms with van der Waals surface area (Å²) >= 11 is 10.0. The van der Waals surface area contributed by atoms with Gasteiger partial charge in [0.25, 0.3) is 7.44 Å². The zero-order valence-corrected chi connectivity index (χ0v) is 21.9. The molecule has 3 aromatic carbocycles. The number of likely N-dealkylation sites (tertiary alicyclic amines) is 1. The minimum atomic E-state index is -3.29. The largest absolute Gasteiger partial charge is 0.304 e. The molecule has 8 heteroatoms. The zero-order valence-electron chi connectivity index (χ0n) is 18.7. The second-order valence-electron chi connectivity index (χ2n) is 8.62. The van der Waals surface area contributed by atoms with Crippen molar-refractivity contribution >= 4 is 52.1 Å². The van der Waals surface area contributed by atoms with E-state index in [2.05, 4.69) is 30.2 Å². The van der Waals surface area contributed by atoms with Gasteiger partial charge in [0.1, 0.15) is 11.6 Å². The molecule has 0 saturated carbocycles. The van der Waals surface area contributed by atoms with Gasteiger partial charge in [-0.15, -0.1) is 0 Å². The molecule has 2 heterocycles. The van der Waals surface area contributed by atoms with Gasteiger partial charge in [-0.3, -0.25) is 14.3 Å². The Balaban J connectivity index is 1.71. The Hall–Kier alpha value is -2.11. The van der Waals surface area contributed by atoms with E-state index in [1.807, 2.05) is 78.9 Å². The molecule has 0 spiro atoms. The first-order valence-corrected chi connectivity index (χ1v) is 14.3. The molecule has 0 bridgehead atoms. The molecule has 0 amide bonds. The zero-order chi connectivity index (χ0) is 23.7. The standard InChI is InChI=1S/C26H26BrClN3O2P/c27-25-19-20(28)11-12-24(25)26(29-15-13-23(32)14-16-29)34(33)30(21-7-3-1-4-8-21)17-18-31(34)22-9-5-2-6-10-22/h1-12,19,26H,13-18H2. The van der Waals surface area contributed by atoms with Crippen molar-refractivity contribution in [3.8, 4) is 0 Å². The molecular weight excluding hydrogens is 533 g/mol. The van der Waals surface area contributed by atoms with Crippen molar-refractivity contribution in [2.75, 3.05) is 35.5 Å². The monoisotopic (exact) mass is 557 g/mol. The second-order valence-corrected chi connectivity index (χ2v) is 12.5. The minimum Gasteiger partial charge on any atom is -0.304 e. The van der Waals surface area contributed by atoms with Crippen LogP contribution in [0.4, 0.5) is 11.4 Å². The third kappa shape index (κ3) is 4.33. The van der Waals surface area contributed by atoms with Crippen molar-refractivity contribution in [2.45, 2.75) is 18.6 Å². The summed E-state index contributed by atoms with van der Waals surface area (Å²) in [5.41, 5.74) is 2.80. The molecule has 0 aromatic heterocycles. The van der Waals surface area contributed by atoms with Crippen LogP contribution in [-0.2, 0) is 9.36 Å². The van der Waals surface area contributed by atoms with Gasteiger partial charge in [0.15, 0.2) is 0 Å². The molecule has 0 N–H and O–H groups in total. The fourth-order valence-electron chi connectivity index (χ4n) is 4.98. The van der Waals surface area contributed by atoms with Crippen LogP contribution in [0.5, 0.6) is 0 Å². The number of hydrogen-bond acceptors (Lipinski definition) is 3. The highest BCUT2D eigenvalue weighted by Gasteiger charge is 2.52. The number of benzene rings is 3. The Labute approximate surface area is 213 Å². The Bertz CT molecular complexity index is 1170. The van der Waals surface area contributed by atoms with E-state index in [9.17, 15) is 4.79 Å². The normalized spacial score (nSPS) is 19.4. The highest BCUT2D eigenvalue weighted by atomic mass is 79.9. The van der Waals surface area contributed by atoms with Crippen LogP contribution in [0.15, 0.2) is 83.3 Å². The number of carbonyl (C=O) groups is 1. The molecule has 0 radical (unpaired) electrons. The molecule has 3 aromatic rings. The van der Waals surface area contributed by atoms with Crippen molar-refractivity contribution in [1.82, 2.24) is 4.90 Å². The SMILES string of the molecule is O=C1CCN(C(c2ccc(Cl)cc2Br)P2(=O)N(c3ccccc3)CCN2c2ccccc2)CC1. The van der Waals surface area contributed by atoms with E-state index >= 15 is 4.57 Å². The summed E-state index contributed by atoms with van der Waals surface area (Å²) in [6.45, 7) is 2.44. The molecule has 2 aliphatic rings. The average molecular weight is 559 g/mol. The van der Waals surface area contributed by atoms with E-state index in [1.165, 1.54) is 0 Å². The first kappa shape index (κ1) is 23.6. The molecule has 5 rings (SSSR count). The van der Waals surface area contributed by atoms with E-state index in [4.69, 9.17) is 11.6 Å². The van der Waals surface area contributed by atoms with E-state index in [1.54, 1.807) is 0 Å². The van der Waals surface area contributed by atoms with E-state index in [0.29, 0.717) is 44.0 Å². The molecule has 176 valence electrons. The number of ketones is 1. The van der Waals surface area contributed by atoms with E-state index in [0.717, 1.165) is 21.4 Å². The fourth-order valence-corrected chi connectivity index (χ4v) is 9.77. The number of nitrogens with zero attached hydrogens (tertiary/aromatic N) is 3. The molecule has 34 heavy (non-hydrogen) atoms. The fraction of sp³-hybridized carbons (Fsp3) is 0.269. The number of halogens is 2. The quantitative estimate of drug-likeness (QED) is 0.316. The van der Waals surface area contributed by atoms with Crippen LogP contribution in [0.25, 0.3) is 0 Å². The van der Waals surface area contributed by atoms with Crippen molar-refractivity contribution in [3.05, 3.63) is 93.9 Å². The van der Waals surface area contributed by atoms with Crippen LogP contribution in [-0.4, -0.2) is 36.9 Å². The van der Waals surface area contributed by atoms with Crippen LogP contribution in [0.1, 0.15) is 24.2 Å². The topological polar surface area (TPSA) is 43.9 Å². The molecule has 2 fully saturated rings. The van der Waals surface area contributed by atoms with Gasteiger partial charge in [-0.05, 0) is 42.0 Å². The predicted molar refractivity (Wildman–Crippen MR) is 143 cm³/mol. The molecule has 0 aliphatic carbocycles. The average Bonchev–Trinajstić information content (AvgIpc) is 3.20. The van der Waals surface area contributed by atoms with Crippen molar-refractivity contribution in [3.63, 3.8) is 0 Å². The van der Waals surface area contributed by atoms with Gasteiger partial charge in [-0.2, -0.15) is 0 Å². The van der Waals surface area contributed by atoms with Crippen LogP contribution < -0.4 is 9.34 Å². The maximum atomic E-state index is 15.7. The van der Waals surface area contributed by atoms with E-state index < -0.39 is 13.2 Å². The lowest BCUT2D eigenvalue weighted by Gasteiger charge is -2.44. The third-order valence-corrected chi connectivity index (χ3v) is 11.0. The van der Waals surface area contributed by atoms with Gasteiger partial charge < -0.3 is 9.34 Å². The van der Waals surface area contributed by atoms with Crippen LogP contribution in [0.3, 0.4) is 0 Å². The van der Waals surface area contributed by atoms with Gasteiger partial charge in [0, 0.05) is 59.9 Å². The third-order valence-electron chi connectivity index (χ3n) is 6.58. The summed E-state index contributed by atoms with van der Waals surface area (Å²) in [5.74, 6) is -0.176. The lowest BCUT2D eigenvalue weighted by atomic mass is 10.1. The maximum absolute atomic E-state index is 15.7. The van der Waals surface area contributed by atoms with Gasteiger partial charge in [0.2, 0.25) is 0 Å². The summed E-state index contributed by atoms with van der Waals surface area (Å²) < 4.78 is 20.7. The van der Waals surface area contributed by atoms with Crippen molar-refractivity contribution in [2.24, 2.45) is 0 Å². The number of para-hydroxylation sites is 2. The first-order valence-electron chi connectivity index (χ1n) is 11.4. The lowest BCUT2D eigenvalue weighted by molar-refractivity contribution is -0.121. The number of hydrogen-bond donors (Lipinski definition) is 0. The summed E-state index contributed by atoms with van der Waals surface area (Å²) in [4.78, 5) is 14.3. The second kappa shape index (κ2) is 9.87. The molecule has 5 nitrogen and oxygen atoms in total. The first-order chi connectivity index (χ1) is 16.5. The number of anilines is 2. The van der Waals surface area contributed by atoms with Gasteiger partial charge in [-0.25, -0.2) is 0 Å². The molecule has 1 atom stereocenters. The molecule has 1 unspecified atom stereocenters. The molecule has 2 aliphatic heterocycles.